The molecule has 0 radical (unpaired) electrons. The number of carbonyl (C=O) groups excluding carboxylic acids is 1. The SMILES string of the molecule is CC(C)(C)C(=O)OC1CNCCC1C(N)=S. The summed E-state index contributed by atoms with van der Waals surface area (Å²) in [6, 6.07) is 0. The number of thiocarbonyl (C=S) groups is 1. The maximum Gasteiger partial charge on any atom is 0.311 e. The average Bonchev–Trinajstić information content (AvgIpc) is 2.16. The number of rotatable bonds is 2. The maximum atomic E-state index is 11.8. The summed E-state index contributed by atoms with van der Waals surface area (Å²) in [5.41, 5.74) is 5.17. The van der Waals surface area contributed by atoms with E-state index in [0.717, 1.165) is 13.0 Å². The number of hydrogen-bond acceptors (Lipinski definition) is 4. The third-order valence-electron chi connectivity index (χ3n) is 2.66. The second-order valence-electron chi connectivity index (χ2n) is 5.20. The average molecular weight is 244 g/mol. The van der Waals surface area contributed by atoms with Gasteiger partial charge in [0.2, 0.25) is 0 Å². The van der Waals surface area contributed by atoms with Crippen LogP contribution in [-0.4, -0.2) is 30.2 Å². The van der Waals surface area contributed by atoms with Crippen molar-refractivity contribution >= 4 is 23.2 Å². The number of piperidine rings is 1. The van der Waals surface area contributed by atoms with Crippen LogP contribution < -0.4 is 11.1 Å². The molecule has 5 heteroatoms. The van der Waals surface area contributed by atoms with E-state index in [-0.39, 0.29) is 18.0 Å². The van der Waals surface area contributed by atoms with E-state index in [1.54, 1.807) is 0 Å². The monoisotopic (exact) mass is 244 g/mol. The number of ether oxygens (including phenoxy) is 1. The van der Waals surface area contributed by atoms with Crippen molar-refractivity contribution in [2.75, 3.05) is 13.1 Å². The Kier molecular flexibility index (Phi) is 4.27. The molecule has 1 rings (SSSR count). The fraction of sp³-hybridized carbons (Fsp3) is 0.818. The lowest BCUT2D eigenvalue weighted by atomic mass is 9.93. The van der Waals surface area contributed by atoms with Gasteiger partial charge in [0.1, 0.15) is 6.10 Å². The summed E-state index contributed by atoms with van der Waals surface area (Å²) in [5, 5.41) is 3.18. The normalized spacial score (nSPS) is 26.2. The molecule has 0 amide bonds. The molecule has 0 spiro atoms. The van der Waals surface area contributed by atoms with Crippen molar-refractivity contribution < 1.29 is 9.53 Å². The Labute approximate surface area is 102 Å². The van der Waals surface area contributed by atoms with Crippen molar-refractivity contribution in [1.29, 1.82) is 0 Å². The molecule has 3 N–H and O–H groups in total. The summed E-state index contributed by atoms with van der Waals surface area (Å²) in [6.07, 6.45) is 0.607. The van der Waals surface area contributed by atoms with E-state index < -0.39 is 5.41 Å². The number of esters is 1. The van der Waals surface area contributed by atoms with Crippen LogP contribution in [0.25, 0.3) is 0 Å². The van der Waals surface area contributed by atoms with Gasteiger partial charge in [-0.05, 0) is 33.7 Å². The van der Waals surface area contributed by atoms with Gasteiger partial charge in [-0.3, -0.25) is 4.79 Å². The van der Waals surface area contributed by atoms with Crippen molar-refractivity contribution in [1.82, 2.24) is 5.32 Å². The summed E-state index contributed by atoms with van der Waals surface area (Å²) >= 11 is 5.00. The number of nitrogens with one attached hydrogen (secondary N) is 1. The van der Waals surface area contributed by atoms with Gasteiger partial charge in [0.05, 0.1) is 10.4 Å². The van der Waals surface area contributed by atoms with E-state index >= 15 is 0 Å². The molecule has 2 unspecified atom stereocenters. The van der Waals surface area contributed by atoms with Gasteiger partial charge in [-0.25, -0.2) is 0 Å². The van der Waals surface area contributed by atoms with Crippen LogP contribution in [0.3, 0.4) is 0 Å². The molecule has 0 aromatic carbocycles. The molecule has 1 heterocycles. The van der Waals surface area contributed by atoms with Gasteiger partial charge >= 0.3 is 5.97 Å². The molecule has 0 aromatic heterocycles. The molecule has 1 saturated heterocycles. The third-order valence-corrected chi connectivity index (χ3v) is 2.97. The summed E-state index contributed by atoms with van der Waals surface area (Å²) in [4.78, 5) is 12.2. The van der Waals surface area contributed by atoms with Crippen LogP contribution in [0, 0.1) is 11.3 Å². The Hall–Kier alpha value is -0.680. The fourth-order valence-electron chi connectivity index (χ4n) is 1.59. The fourth-order valence-corrected chi connectivity index (χ4v) is 1.86. The van der Waals surface area contributed by atoms with Crippen LogP contribution in [0.1, 0.15) is 27.2 Å². The molecule has 4 nitrogen and oxygen atoms in total. The summed E-state index contributed by atoms with van der Waals surface area (Å²) in [7, 11) is 0. The van der Waals surface area contributed by atoms with Crippen molar-refractivity contribution in [2.24, 2.45) is 17.1 Å². The lowest BCUT2D eigenvalue weighted by Crippen LogP contribution is -2.48. The first-order valence-corrected chi connectivity index (χ1v) is 5.94. The van der Waals surface area contributed by atoms with Gasteiger partial charge in [0.15, 0.2) is 0 Å². The maximum absolute atomic E-state index is 11.8. The largest absolute Gasteiger partial charge is 0.460 e. The highest BCUT2D eigenvalue weighted by Gasteiger charge is 2.33. The zero-order valence-electron chi connectivity index (χ0n) is 10.1. The van der Waals surface area contributed by atoms with Gasteiger partial charge in [-0.2, -0.15) is 0 Å². The minimum absolute atomic E-state index is 0.00236. The Balaban J connectivity index is 2.63. The highest BCUT2D eigenvalue weighted by Crippen LogP contribution is 2.22. The summed E-state index contributed by atoms with van der Waals surface area (Å²) in [5.74, 6) is -0.204. The van der Waals surface area contributed by atoms with Gasteiger partial charge < -0.3 is 15.8 Å². The van der Waals surface area contributed by atoms with Crippen molar-refractivity contribution in [3.8, 4) is 0 Å². The first-order chi connectivity index (χ1) is 7.32. The molecule has 0 bridgehead atoms. The smallest absolute Gasteiger partial charge is 0.311 e. The first-order valence-electron chi connectivity index (χ1n) is 5.53. The quantitative estimate of drug-likeness (QED) is 0.557. The second kappa shape index (κ2) is 5.10. The zero-order valence-corrected chi connectivity index (χ0v) is 10.9. The van der Waals surface area contributed by atoms with Crippen LogP contribution in [0.4, 0.5) is 0 Å². The van der Waals surface area contributed by atoms with Crippen molar-refractivity contribution in [2.45, 2.75) is 33.3 Å². The molecular weight excluding hydrogens is 224 g/mol. The van der Waals surface area contributed by atoms with Crippen molar-refractivity contribution in [3.05, 3.63) is 0 Å². The molecule has 2 atom stereocenters. The third kappa shape index (κ3) is 3.42. The second-order valence-corrected chi connectivity index (χ2v) is 5.67. The van der Waals surface area contributed by atoms with Gasteiger partial charge in [0, 0.05) is 12.5 Å². The van der Waals surface area contributed by atoms with E-state index in [2.05, 4.69) is 5.32 Å². The molecule has 1 aliphatic heterocycles. The van der Waals surface area contributed by atoms with Gasteiger partial charge in [-0.1, -0.05) is 12.2 Å². The molecule has 16 heavy (non-hydrogen) atoms. The zero-order chi connectivity index (χ0) is 12.3. The minimum atomic E-state index is -0.488. The molecule has 1 fully saturated rings. The number of hydrogen-bond donors (Lipinski definition) is 2. The van der Waals surface area contributed by atoms with Gasteiger partial charge in [-0.15, -0.1) is 0 Å². The Bertz CT molecular complexity index is 286. The Morgan fingerprint density at radius 3 is 2.62 bits per heavy atom. The first kappa shape index (κ1) is 13.4. The lowest BCUT2D eigenvalue weighted by molar-refractivity contribution is -0.160. The van der Waals surface area contributed by atoms with E-state index in [0.29, 0.717) is 11.5 Å². The molecule has 0 aliphatic carbocycles. The molecule has 0 saturated carbocycles. The van der Waals surface area contributed by atoms with E-state index in [9.17, 15) is 4.79 Å². The predicted molar refractivity (Wildman–Crippen MR) is 67.1 cm³/mol. The topological polar surface area (TPSA) is 64.3 Å². The van der Waals surface area contributed by atoms with Crippen LogP contribution in [-0.2, 0) is 9.53 Å². The van der Waals surface area contributed by atoms with Crippen molar-refractivity contribution in [3.63, 3.8) is 0 Å². The Morgan fingerprint density at radius 1 is 1.50 bits per heavy atom. The molecule has 92 valence electrons. The van der Waals surface area contributed by atoms with Crippen LogP contribution in [0.5, 0.6) is 0 Å². The molecule has 0 aromatic rings. The Morgan fingerprint density at radius 2 is 2.12 bits per heavy atom. The van der Waals surface area contributed by atoms with Crippen LogP contribution in [0.15, 0.2) is 0 Å². The molecule has 1 aliphatic rings. The highest BCUT2D eigenvalue weighted by molar-refractivity contribution is 7.80. The predicted octanol–water partition coefficient (Wildman–Crippen LogP) is 0.840. The van der Waals surface area contributed by atoms with Crippen LogP contribution >= 0.6 is 12.2 Å². The van der Waals surface area contributed by atoms with E-state index in [1.165, 1.54) is 0 Å². The molecular formula is C11H20N2O2S. The standard InChI is InChI=1S/C11H20N2O2S/c1-11(2,3)10(14)15-8-6-13-5-4-7(8)9(12)16/h7-8,13H,4-6H2,1-3H3,(H2,12,16). The van der Waals surface area contributed by atoms with E-state index in [1.807, 2.05) is 20.8 Å². The minimum Gasteiger partial charge on any atom is -0.460 e. The summed E-state index contributed by atoms with van der Waals surface area (Å²) in [6.45, 7) is 7.00. The van der Waals surface area contributed by atoms with Gasteiger partial charge in [0.25, 0.3) is 0 Å². The van der Waals surface area contributed by atoms with E-state index in [4.69, 9.17) is 22.7 Å². The van der Waals surface area contributed by atoms with Crippen LogP contribution in [0.2, 0.25) is 0 Å². The number of nitrogens with two attached hydrogens (primary N) is 1. The number of carbonyl (C=O) groups is 1. The summed E-state index contributed by atoms with van der Waals surface area (Å²) < 4.78 is 5.46. The highest BCUT2D eigenvalue weighted by atomic mass is 32.1. The lowest BCUT2D eigenvalue weighted by Gasteiger charge is -2.32.